The Morgan fingerprint density at radius 3 is 2.29 bits per heavy atom. The number of rotatable bonds is 4. The van der Waals surface area contributed by atoms with Gasteiger partial charge in [0.25, 0.3) is 0 Å². The summed E-state index contributed by atoms with van der Waals surface area (Å²) in [6.07, 6.45) is 1.17. The molecule has 2 N–H and O–H groups in total. The zero-order valence-electron chi connectivity index (χ0n) is 11.9. The number of nitrogens with two attached hydrogens (primary N) is 1. The topological polar surface area (TPSA) is 63.4 Å². The van der Waals surface area contributed by atoms with Gasteiger partial charge in [-0.1, -0.05) is 28.1 Å². The molecule has 0 amide bonds. The minimum Gasteiger partial charge on any atom is -0.397 e. The normalized spacial score (nSPS) is 11.4. The molecule has 4 nitrogen and oxygen atoms in total. The molecule has 0 unspecified atom stereocenters. The Bertz CT molecular complexity index is 743. The molecule has 112 valence electrons. The summed E-state index contributed by atoms with van der Waals surface area (Å²) in [4.78, 5) is 2.23. The lowest BCUT2D eigenvalue weighted by Crippen LogP contribution is -2.18. The average molecular weight is 369 g/mol. The molecule has 0 aliphatic rings. The van der Waals surface area contributed by atoms with Gasteiger partial charge in [0, 0.05) is 24.3 Å². The number of hydrogen-bond acceptors (Lipinski definition) is 4. The Balaban J connectivity index is 2.23. The fraction of sp³-hybridized carbons (Fsp3) is 0.200. The Morgan fingerprint density at radius 2 is 1.76 bits per heavy atom. The van der Waals surface area contributed by atoms with Crippen molar-refractivity contribution in [3.05, 3.63) is 52.5 Å². The van der Waals surface area contributed by atoms with Crippen molar-refractivity contribution in [3.8, 4) is 0 Å². The van der Waals surface area contributed by atoms with Gasteiger partial charge in [0.1, 0.15) is 0 Å². The van der Waals surface area contributed by atoms with Gasteiger partial charge in [0.15, 0.2) is 9.84 Å². The van der Waals surface area contributed by atoms with Crippen LogP contribution < -0.4 is 10.6 Å². The maximum atomic E-state index is 11.5. The summed E-state index contributed by atoms with van der Waals surface area (Å²) < 4.78 is 24.1. The number of hydrogen-bond donors (Lipinski definition) is 1. The molecule has 0 atom stereocenters. The minimum absolute atomic E-state index is 0.237. The smallest absolute Gasteiger partial charge is 0.175 e. The van der Waals surface area contributed by atoms with E-state index < -0.39 is 9.84 Å². The number of nitrogens with zero attached hydrogens (tertiary/aromatic N) is 1. The molecule has 6 heteroatoms. The number of benzene rings is 2. The molecule has 0 bridgehead atoms. The summed E-state index contributed by atoms with van der Waals surface area (Å²) in [6.45, 7) is 0.690. The molecule has 2 rings (SSSR count). The van der Waals surface area contributed by atoms with Crippen LogP contribution in [0.3, 0.4) is 0 Å². The van der Waals surface area contributed by atoms with Crippen molar-refractivity contribution in [2.75, 3.05) is 23.9 Å². The first-order valence-corrected chi connectivity index (χ1v) is 9.01. The standard InChI is InChI=1S/C15H17BrN2O2S/c1-18(10-11-3-5-12(16)6-4-11)15-8-7-13(9-14(15)17)21(2,19)20/h3-9H,10,17H2,1-2H3. The molecule has 2 aromatic carbocycles. The zero-order chi connectivity index (χ0) is 15.6. The average Bonchev–Trinajstić information content (AvgIpc) is 2.40. The van der Waals surface area contributed by atoms with E-state index >= 15 is 0 Å². The summed E-state index contributed by atoms with van der Waals surface area (Å²) in [5.74, 6) is 0. The van der Waals surface area contributed by atoms with Crippen LogP contribution in [-0.4, -0.2) is 21.7 Å². The van der Waals surface area contributed by atoms with Crippen LogP contribution in [0.25, 0.3) is 0 Å². The van der Waals surface area contributed by atoms with Crippen molar-refractivity contribution in [1.29, 1.82) is 0 Å². The molecule has 0 radical (unpaired) electrons. The fourth-order valence-electron chi connectivity index (χ4n) is 2.06. The van der Waals surface area contributed by atoms with E-state index in [0.717, 1.165) is 15.7 Å². The molecule has 21 heavy (non-hydrogen) atoms. The van der Waals surface area contributed by atoms with Crippen molar-refractivity contribution in [3.63, 3.8) is 0 Å². The summed E-state index contributed by atoms with van der Waals surface area (Å²) in [7, 11) is -1.31. The fourth-order valence-corrected chi connectivity index (χ4v) is 2.98. The Hall–Kier alpha value is -1.53. The SMILES string of the molecule is CN(Cc1ccc(Br)cc1)c1ccc(S(C)(=O)=O)cc1N. The van der Waals surface area contributed by atoms with E-state index in [2.05, 4.69) is 15.9 Å². The van der Waals surface area contributed by atoms with E-state index in [1.807, 2.05) is 36.2 Å². The lowest BCUT2D eigenvalue weighted by Gasteiger charge is -2.21. The van der Waals surface area contributed by atoms with Gasteiger partial charge in [0.05, 0.1) is 16.3 Å². The highest BCUT2D eigenvalue weighted by Gasteiger charge is 2.12. The highest BCUT2D eigenvalue weighted by molar-refractivity contribution is 9.10. The van der Waals surface area contributed by atoms with E-state index in [-0.39, 0.29) is 4.90 Å². The van der Waals surface area contributed by atoms with Gasteiger partial charge in [-0.15, -0.1) is 0 Å². The third-order valence-electron chi connectivity index (χ3n) is 3.17. The first-order chi connectivity index (χ1) is 9.77. The van der Waals surface area contributed by atoms with Gasteiger partial charge in [0.2, 0.25) is 0 Å². The molecule has 0 fully saturated rings. The van der Waals surface area contributed by atoms with Crippen LogP contribution in [0.2, 0.25) is 0 Å². The van der Waals surface area contributed by atoms with Crippen LogP contribution in [0.1, 0.15) is 5.56 Å². The Morgan fingerprint density at radius 1 is 1.14 bits per heavy atom. The molecule has 0 heterocycles. The molecule has 0 spiro atoms. The van der Waals surface area contributed by atoms with Gasteiger partial charge >= 0.3 is 0 Å². The van der Waals surface area contributed by atoms with Gasteiger partial charge in [-0.05, 0) is 35.9 Å². The quantitative estimate of drug-likeness (QED) is 0.842. The number of nitrogen functional groups attached to an aromatic ring is 1. The van der Waals surface area contributed by atoms with Gasteiger partial charge in [-0.25, -0.2) is 8.42 Å². The largest absolute Gasteiger partial charge is 0.397 e. The molecule has 0 saturated carbocycles. The van der Waals surface area contributed by atoms with Crippen LogP contribution in [0.15, 0.2) is 51.8 Å². The van der Waals surface area contributed by atoms with E-state index in [4.69, 9.17) is 5.73 Å². The highest BCUT2D eigenvalue weighted by Crippen LogP contribution is 2.26. The second-order valence-electron chi connectivity index (χ2n) is 4.98. The third kappa shape index (κ3) is 3.98. The van der Waals surface area contributed by atoms with Crippen LogP contribution in [0.4, 0.5) is 11.4 Å². The third-order valence-corrected chi connectivity index (χ3v) is 4.81. The van der Waals surface area contributed by atoms with Crippen LogP contribution in [0.5, 0.6) is 0 Å². The first-order valence-electron chi connectivity index (χ1n) is 6.32. The maximum absolute atomic E-state index is 11.5. The first kappa shape index (κ1) is 15.9. The van der Waals surface area contributed by atoms with Crippen LogP contribution in [0, 0.1) is 0 Å². The number of anilines is 2. The summed E-state index contributed by atoms with van der Waals surface area (Å²) in [5, 5.41) is 0. The monoisotopic (exact) mass is 368 g/mol. The minimum atomic E-state index is -3.24. The molecular weight excluding hydrogens is 352 g/mol. The van der Waals surface area contributed by atoms with Gasteiger partial charge in [-0.2, -0.15) is 0 Å². The number of sulfone groups is 1. The summed E-state index contributed by atoms with van der Waals surface area (Å²) in [5.41, 5.74) is 8.40. The van der Waals surface area contributed by atoms with Crippen molar-refractivity contribution < 1.29 is 8.42 Å². The number of halogens is 1. The maximum Gasteiger partial charge on any atom is 0.175 e. The predicted molar refractivity (Wildman–Crippen MR) is 90.2 cm³/mol. The Labute approximate surface area is 133 Å². The van der Waals surface area contributed by atoms with E-state index in [0.29, 0.717) is 12.2 Å². The lowest BCUT2D eigenvalue weighted by molar-refractivity contribution is 0.602. The van der Waals surface area contributed by atoms with Crippen molar-refractivity contribution in [2.24, 2.45) is 0 Å². The van der Waals surface area contributed by atoms with Gasteiger partial charge < -0.3 is 10.6 Å². The van der Waals surface area contributed by atoms with Crippen molar-refractivity contribution >= 4 is 37.1 Å². The van der Waals surface area contributed by atoms with E-state index in [9.17, 15) is 8.42 Å². The molecule has 0 aromatic heterocycles. The zero-order valence-corrected chi connectivity index (χ0v) is 14.3. The molecule has 0 aliphatic carbocycles. The second-order valence-corrected chi connectivity index (χ2v) is 7.91. The second kappa shape index (κ2) is 6.07. The molecule has 0 saturated heterocycles. The van der Waals surface area contributed by atoms with E-state index in [1.54, 1.807) is 12.1 Å². The van der Waals surface area contributed by atoms with Crippen LogP contribution in [-0.2, 0) is 16.4 Å². The Kier molecular flexibility index (Phi) is 4.58. The lowest BCUT2D eigenvalue weighted by atomic mass is 10.2. The predicted octanol–water partition coefficient (Wildman–Crippen LogP) is 3.07. The van der Waals surface area contributed by atoms with Gasteiger partial charge in [-0.3, -0.25) is 0 Å². The summed E-state index contributed by atoms with van der Waals surface area (Å²) >= 11 is 3.40. The van der Waals surface area contributed by atoms with Crippen molar-refractivity contribution in [1.82, 2.24) is 0 Å². The molecule has 2 aromatic rings. The van der Waals surface area contributed by atoms with E-state index in [1.165, 1.54) is 12.3 Å². The van der Waals surface area contributed by atoms with Crippen molar-refractivity contribution in [2.45, 2.75) is 11.4 Å². The molecule has 0 aliphatic heterocycles. The van der Waals surface area contributed by atoms with Crippen LogP contribution >= 0.6 is 15.9 Å². The summed E-state index contributed by atoms with van der Waals surface area (Å²) in [6, 6.07) is 12.9. The highest BCUT2D eigenvalue weighted by atomic mass is 79.9. The molecular formula is C15H17BrN2O2S.